The van der Waals surface area contributed by atoms with Crippen molar-refractivity contribution < 1.29 is 24.2 Å². The van der Waals surface area contributed by atoms with Crippen molar-refractivity contribution in [3.63, 3.8) is 0 Å². The Morgan fingerprint density at radius 3 is 2.57 bits per heavy atom. The minimum absolute atomic E-state index is 0.0994. The van der Waals surface area contributed by atoms with Gasteiger partial charge in [-0.25, -0.2) is 0 Å². The number of ether oxygens (including phenoxy) is 2. The summed E-state index contributed by atoms with van der Waals surface area (Å²) in [4.78, 5) is 24.7. The molecule has 0 aliphatic rings. The zero-order valence-electron chi connectivity index (χ0n) is 13.8. The summed E-state index contributed by atoms with van der Waals surface area (Å²) >= 11 is 6.18. The molecule has 1 atom stereocenters. The van der Waals surface area contributed by atoms with Crippen LogP contribution in [0.5, 0.6) is 11.5 Å². The van der Waals surface area contributed by atoms with E-state index in [2.05, 4.69) is 0 Å². The lowest BCUT2D eigenvalue weighted by Gasteiger charge is -2.20. The second-order valence-electron chi connectivity index (χ2n) is 5.26. The van der Waals surface area contributed by atoms with Crippen LogP contribution in [0.3, 0.4) is 0 Å². The Bertz CT molecular complexity index is 576. The molecule has 6 nitrogen and oxygen atoms in total. The molecule has 128 valence electrons. The maximum absolute atomic E-state index is 12.4. The summed E-state index contributed by atoms with van der Waals surface area (Å²) in [5.41, 5.74) is 0.316. The zero-order valence-corrected chi connectivity index (χ0v) is 14.5. The molecule has 0 saturated heterocycles. The van der Waals surface area contributed by atoms with E-state index in [1.807, 2.05) is 6.92 Å². The molecule has 1 unspecified atom stereocenters. The van der Waals surface area contributed by atoms with E-state index in [0.717, 1.165) is 6.42 Å². The van der Waals surface area contributed by atoms with Crippen LogP contribution in [0.4, 0.5) is 0 Å². The van der Waals surface area contributed by atoms with Crippen molar-refractivity contribution in [3.05, 3.63) is 22.7 Å². The van der Waals surface area contributed by atoms with Crippen LogP contribution in [0.1, 0.15) is 30.6 Å². The number of amides is 1. The second kappa shape index (κ2) is 8.62. The summed E-state index contributed by atoms with van der Waals surface area (Å²) in [6.07, 6.45) is 0.815. The highest BCUT2D eigenvalue weighted by molar-refractivity contribution is 6.32. The van der Waals surface area contributed by atoms with Gasteiger partial charge in [-0.15, -0.1) is 0 Å². The molecule has 1 amide bonds. The fraction of sp³-hybridized carbons (Fsp3) is 0.500. The maximum Gasteiger partial charge on any atom is 0.308 e. The van der Waals surface area contributed by atoms with Gasteiger partial charge in [-0.05, 0) is 18.6 Å². The Balaban J connectivity index is 3.01. The van der Waals surface area contributed by atoms with Crippen LogP contribution >= 0.6 is 11.6 Å². The van der Waals surface area contributed by atoms with Crippen molar-refractivity contribution in [1.82, 2.24) is 4.90 Å². The number of carboxylic acids is 1. The van der Waals surface area contributed by atoms with Crippen LogP contribution in [0.2, 0.25) is 5.02 Å². The van der Waals surface area contributed by atoms with Gasteiger partial charge in [-0.1, -0.05) is 25.4 Å². The van der Waals surface area contributed by atoms with Gasteiger partial charge in [0.05, 0.1) is 24.7 Å². The molecule has 7 heteroatoms. The van der Waals surface area contributed by atoms with Crippen molar-refractivity contribution in [3.8, 4) is 11.5 Å². The number of carboxylic acid groups (broad SMARTS) is 1. The van der Waals surface area contributed by atoms with Crippen LogP contribution in [-0.2, 0) is 4.79 Å². The number of benzene rings is 1. The van der Waals surface area contributed by atoms with Crippen LogP contribution in [0.15, 0.2) is 12.1 Å². The monoisotopic (exact) mass is 343 g/mol. The summed E-state index contributed by atoms with van der Waals surface area (Å²) < 4.78 is 10.8. The van der Waals surface area contributed by atoms with Gasteiger partial charge in [0.1, 0.15) is 0 Å². The van der Waals surface area contributed by atoms with E-state index in [9.17, 15) is 9.59 Å². The molecule has 23 heavy (non-hydrogen) atoms. The predicted molar refractivity (Wildman–Crippen MR) is 87.6 cm³/mol. The number of carbonyl (C=O) groups is 2. The van der Waals surface area contributed by atoms with Gasteiger partial charge in [0, 0.05) is 19.2 Å². The highest BCUT2D eigenvalue weighted by atomic mass is 35.5. The van der Waals surface area contributed by atoms with E-state index in [-0.39, 0.29) is 17.5 Å². The largest absolute Gasteiger partial charge is 0.493 e. The number of methoxy groups -OCH3 is 1. The second-order valence-corrected chi connectivity index (χ2v) is 5.67. The molecule has 0 spiro atoms. The molecule has 0 radical (unpaired) electrons. The van der Waals surface area contributed by atoms with Crippen molar-refractivity contribution in [1.29, 1.82) is 0 Å². The van der Waals surface area contributed by atoms with Crippen LogP contribution in [0, 0.1) is 5.92 Å². The average molecular weight is 344 g/mol. The van der Waals surface area contributed by atoms with E-state index >= 15 is 0 Å². The Hall–Kier alpha value is -1.95. The first kappa shape index (κ1) is 19.1. The van der Waals surface area contributed by atoms with Gasteiger partial charge in [-0.2, -0.15) is 0 Å². The summed E-state index contributed by atoms with van der Waals surface area (Å²) in [6.45, 7) is 4.10. The number of hydrogen-bond acceptors (Lipinski definition) is 4. The predicted octanol–water partition coefficient (Wildman–Crippen LogP) is 2.93. The zero-order chi connectivity index (χ0) is 17.6. The van der Waals surface area contributed by atoms with E-state index < -0.39 is 11.9 Å². The third-order valence-electron chi connectivity index (χ3n) is 3.24. The Labute approximate surface area is 140 Å². The summed E-state index contributed by atoms with van der Waals surface area (Å²) in [6, 6.07) is 3.04. The summed E-state index contributed by atoms with van der Waals surface area (Å²) in [5, 5.41) is 9.21. The third kappa shape index (κ3) is 5.03. The van der Waals surface area contributed by atoms with Crippen molar-refractivity contribution in [2.75, 3.05) is 27.3 Å². The molecule has 1 aromatic carbocycles. The minimum atomic E-state index is -0.955. The molecule has 0 heterocycles. The van der Waals surface area contributed by atoms with Crippen molar-refractivity contribution in [2.45, 2.75) is 20.3 Å². The van der Waals surface area contributed by atoms with Crippen LogP contribution in [0.25, 0.3) is 0 Å². The van der Waals surface area contributed by atoms with Crippen LogP contribution < -0.4 is 9.47 Å². The van der Waals surface area contributed by atoms with Gasteiger partial charge in [-0.3, -0.25) is 9.59 Å². The molecule has 0 saturated carbocycles. The number of halogens is 1. The number of aliphatic carboxylic acids is 1. The van der Waals surface area contributed by atoms with Gasteiger partial charge < -0.3 is 19.5 Å². The summed E-state index contributed by atoms with van der Waals surface area (Å²) in [5.74, 6) is -1.18. The van der Waals surface area contributed by atoms with Gasteiger partial charge in [0.25, 0.3) is 5.91 Å². The van der Waals surface area contributed by atoms with E-state index in [4.69, 9.17) is 26.2 Å². The maximum atomic E-state index is 12.4. The number of hydrogen-bond donors (Lipinski definition) is 1. The van der Waals surface area contributed by atoms with Gasteiger partial charge >= 0.3 is 5.97 Å². The first-order chi connectivity index (χ1) is 10.8. The van der Waals surface area contributed by atoms with Crippen LogP contribution in [-0.4, -0.2) is 49.2 Å². The lowest BCUT2D eigenvalue weighted by Crippen LogP contribution is -2.33. The highest BCUT2D eigenvalue weighted by Gasteiger charge is 2.21. The lowest BCUT2D eigenvalue weighted by molar-refractivity contribution is -0.141. The Morgan fingerprint density at radius 1 is 1.39 bits per heavy atom. The fourth-order valence-electron chi connectivity index (χ4n) is 1.98. The highest BCUT2D eigenvalue weighted by Crippen LogP contribution is 2.36. The topological polar surface area (TPSA) is 76.1 Å². The third-order valence-corrected chi connectivity index (χ3v) is 3.52. The van der Waals surface area contributed by atoms with Gasteiger partial charge in [0.2, 0.25) is 0 Å². The molecular weight excluding hydrogens is 322 g/mol. The molecule has 0 aliphatic heterocycles. The minimum Gasteiger partial charge on any atom is -0.493 e. The number of nitrogens with zero attached hydrogens (tertiary/aromatic N) is 1. The number of rotatable bonds is 8. The molecule has 0 bridgehead atoms. The van der Waals surface area contributed by atoms with Crippen molar-refractivity contribution in [2.24, 2.45) is 5.92 Å². The molecule has 1 aromatic rings. The molecule has 0 aromatic heterocycles. The van der Waals surface area contributed by atoms with E-state index in [0.29, 0.717) is 23.7 Å². The Kier molecular flexibility index (Phi) is 7.16. The van der Waals surface area contributed by atoms with Crippen molar-refractivity contribution >= 4 is 23.5 Å². The molecule has 1 N–H and O–H groups in total. The standard InChI is InChI=1S/C16H22ClNO5/c1-5-6-23-14-12(17)7-11(8-13(14)22-4)15(19)18(3)9-10(2)16(20)21/h7-8,10H,5-6,9H2,1-4H3,(H,20,21). The SMILES string of the molecule is CCCOc1c(Cl)cc(C(=O)N(C)CC(C)C(=O)O)cc1OC. The fourth-order valence-corrected chi connectivity index (χ4v) is 2.24. The molecule has 0 fully saturated rings. The quantitative estimate of drug-likeness (QED) is 0.785. The average Bonchev–Trinajstić information content (AvgIpc) is 2.51. The first-order valence-corrected chi connectivity index (χ1v) is 7.68. The van der Waals surface area contributed by atoms with Gasteiger partial charge in [0.15, 0.2) is 11.5 Å². The smallest absolute Gasteiger partial charge is 0.308 e. The Morgan fingerprint density at radius 2 is 2.04 bits per heavy atom. The molecular formula is C16H22ClNO5. The first-order valence-electron chi connectivity index (χ1n) is 7.30. The molecule has 0 aliphatic carbocycles. The normalized spacial score (nSPS) is 11.7. The van der Waals surface area contributed by atoms with E-state index in [1.54, 1.807) is 20.0 Å². The van der Waals surface area contributed by atoms with E-state index in [1.165, 1.54) is 18.1 Å². The summed E-state index contributed by atoms with van der Waals surface area (Å²) in [7, 11) is 3.01. The molecule has 1 rings (SSSR count). The number of carbonyl (C=O) groups excluding carboxylic acids is 1. The lowest BCUT2D eigenvalue weighted by atomic mass is 10.1.